The molecule has 2 heterocycles. The Morgan fingerprint density at radius 2 is 1.89 bits per heavy atom. The Labute approximate surface area is 206 Å². The molecule has 184 valence electrons. The van der Waals surface area contributed by atoms with Crippen LogP contribution >= 0.6 is 0 Å². The van der Waals surface area contributed by atoms with Crippen molar-refractivity contribution in [2.45, 2.75) is 25.6 Å². The van der Waals surface area contributed by atoms with E-state index in [1.54, 1.807) is 42.6 Å². The molecule has 8 heteroatoms. The summed E-state index contributed by atoms with van der Waals surface area (Å²) >= 11 is 0. The van der Waals surface area contributed by atoms with Gasteiger partial charge >= 0.3 is 0 Å². The fraction of sp³-hybridized carbons (Fsp3) is 0.370. The quantitative estimate of drug-likeness (QED) is 0.594. The van der Waals surface area contributed by atoms with Crippen molar-refractivity contribution in [3.8, 4) is 0 Å². The van der Waals surface area contributed by atoms with E-state index in [4.69, 9.17) is 0 Å². The van der Waals surface area contributed by atoms with Crippen molar-refractivity contribution in [3.05, 3.63) is 78.3 Å². The lowest BCUT2D eigenvalue weighted by atomic mass is 10.0. The summed E-state index contributed by atoms with van der Waals surface area (Å²) in [6.07, 6.45) is 3.79. The first-order chi connectivity index (χ1) is 17.1. The Morgan fingerprint density at radius 1 is 1.17 bits per heavy atom. The first-order valence-electron chi connectivity index (χ1n) is 12.1. The van der Waals surface area contributed by atoms with Gasteiger partial charge in [-0.15, -0.1) is 0 Å². The van der Waals surface area contributed by atoms with E-state index >= 15 is 0 Å². The number of para-hydroxylation sites is 1. The van der Waals surface area contributed by atoms with Gasteiger partial charge in [0.1, 0.15) is 23.9 Å². The number of halogens is 1. The number of nitrogens with zero attached hydrogens (tertiary/aromatic N) is 5. The zero-order valence-electron chi connectivity index (χ0n) is 20.4. The van der Waals surface area contributed by atoms with Gasteiger partial charge in [0.2, 0.25) is 5.91 Å². The summed E-state index contributed by atoms with van der Waals surface area (Å²) in [5, 5.41) is 3.31. The number of carbonyl (C=O) groups is 1. The van der Waals surface area contributed by atoms with Gasteiger partial charge in [0, 0.05) is 50.7 Å². The molecule has 2 aromatic carbocycles. The van der Waals surface area contributed by atoms with Gasteiger partial charge in [-0.25, -0.2) is 4.39 Å². The largest absolute Gasteiger partial charge is 0.368 e. The highest BCUT2D eigenvalue weighted by Gasteiger charge is 2.37. The van der Waals surface area contributed by atoms with Gasteiger partial charge in [0.15, 0.2) is 0 Å². The number of nitrogens with one attached hydrogen (secondary N) is 1. The summed E-state index contributed by atoms with van der Waals surface area (Å²) in [4.78, 5) is 27.9. The molecule has 2 aliphatic rings. The van der Waals surface area contributed by atoms with Crippen molar-refractivity contribution in [2.24, 2.45) is 9.98 Å². The van der Waals surface area contributed by atoms with Crippen LogP contribution in [0.5, 0.6) is 0 Å². The molecular formula is C27H33FN6O. The number of aryl methyl sites for hydroxylation is 1. The summed E-state index contributed by atoms with van der Waals surface area (Å²) in [6.45, 7) is 9.09. The number of aliphatic imine (C=N–C) groups is 2. The number of carbonyl (C=O) groups excluding carboxylic acids is 1. The maximum Gasteiger partial charge on any atom is 0.236 e. The second kappa shape index (κ2) is 11.3. The van der Waals surface area contributed by atoms with Gasteiger partial charge < -0.3 is 14.7 Å². The molecule has 0 spiro atoms. The summed E-state index contributed by atoms with van der Waals surface area (Å²) in [7, 11) is 1.66. The topological polar surface area (TPSA) is 63.5 Å². The van der Waals surface area contributed by atoms with E-state index in [9.17, 15) is 9.18 Å². The molecule has 1 fully saturated rings. The van der Waals surface area contributed by atoms with Crippen LogP contribution < -0.4 is 10.2 Å². The molecule has 0 aliphatic carbocycles. The number of amides is 1. The molecule has 1 saturated heterocycles. The van der Waals surface area contributed by atoms with Crippen LogP contribution in [0.1, 0.15) is 24.1 Å². The van der Waals surface area contributed by atoms with E-state index in [2.05, 4.69) is 58.0 Å². The first-order valence-corrected chi connectivity index (χ1v) is 12.1. The lowest BCUT2D eigenvalue weighted by molar-refractivity contribution is -0.130. The number of piperazine rings is 1. The lowest BCUT2D eigenvalue weighted by Gasteiger charge is -2.37. The van der Waals surface area contributed by atoms with E-state index in [-0.39, 0.29) is 18.3 Å². The molecule has 2 atom stereocenters. The van der Waals surface area contributed by atoms with E-state index < -0.39 is 12.2 Å². The molecule has 2 aromatic rings. The summed E-state index contributed by atoms with van der Waals surface area (Å²) < 4.78 is 14.6. The SMILES string of the molecule is C=CN1C(C=NC)=NC(c2ccccc2F)C1NCC(=O)N1CCN(c2ccccc2CC)CC1. The fourth-order valence-corrected chi connectivity index (χ4v) is 4.78. The average Bonchev–Trinajstić information content (AvgIpc) is 3.24. The third-order valence-corrected chi connectivity index (χ3v) is 6.61. The minimum atomic E-state index is -0.530. The molecule has 2 unspecified atom stereocenters. The molecule has 0 aromatic heterocycles. The van der Waals surface area contributed by atoms with Crippen molar-refractivity contribution >= 4 is 23.6 Å². The second-order valence-electron chi connectivity index (χ2n) is 8.61. The smallest absolute Gasteiger partial charge is 0.236 e. The van der Waals surface area contributed by atoms with E-state index in [1.165, 1.54) is 17.3 Å². The van der Waals surface area contributed by atoms with Crippen molar-refractivity contribution < 1.29 is 9.18 Å². The van der Waals surface area contributed by atoms with Gasteiger partial charge in [0.25, 0.3) is 0 Å². The number of anilines is 1. The summed E-state index contributed by atoms with van der Waals surface area (Å²) in [5.74, 6) is 0.257. The fourth-order valence-electron chi connectivity index (χ4n) is 4.78. The van der Waals surface area contributed by atoms with Gasteiger partial charge in [-0.3, -0.25) is 20.1 Å². The maximum atomic E-state index is 14.6. The van der Waals surface area contributed by atoms with Gasteiger partial charge in [-0.1, -0.05) is 49.9 Å². The normalized spacial score (nSPS) is 20.4. The van der Waals surface area contributed by atoms with Crippen LogP contribution in [0.3, 0.4) is 0 Å². The minimum absolute atomic E-state index is 0.0160. The standard InChI is InChI=1S/C27H33FN6O/c1-4-20-10-6-9-13-23(20)32-14-16-33(17-15-32)25(35)19-30-27-26(21-11-7-8-12-22(21)28)31-24(18-29-3)34(27)5-2/h5-13,18,26-27,30H,2,4,14-17,19H2,1,3H3. The zero-order chi connectivity index (χ0) is 24.8. The third-order valence-electron chi connectivity index (χ3n) is 6.61. The average molecular weight is 477 g/mol. The lowest BCUT2D eigenvalue weighted by Crippen LogP contribution is -2.53. The van der Waals surface area contributed by atoms with Gasteiger partial charge in [-0.2, -0.15) is 0 Å². The molecule has 0 radical (unpaired) electrons. The van der Waals surface area contributed by atoms with Crippen LogP contribution in [0.25, 0.3) is 0 Å². The van der Waals surface area contributed by atoms with Crippen LogP contribution in [0.4, 0.5) is 10.1 Å². The monoisotopic (exact) mass is 476 g/mol. The van der Waals surface area contributed by atoms with Crippen molar-refractivity contribution in [3.63, 3.8) is 0 Å². The number of benzene rings is 2. The number of amidine groups is 1. The molecule has 35 heavy (non-hydrogen) atoms. The molecule has 4 rings (SSSR count). The Bertz CT molecular complexity index is 1110. The minimum Gasteiger partial charge on any atom is -0.368 e. The predicted octanol–water partition coefficient (Wildman–Crippen LogP) is 3.25. The highest BCUT2D eigenvalue weighted by molar-refractivity contribution is 6.30. The molecule has 1 N–H and O–H groups in total. The molecule has 1 amide bonds. The van der Waals surface area contributed by atoms with Crippen LogP contribution in [0.2, 0.25) is 0 Å². The highest BCUT2D eigenvalue weighted by Crippen LogP contribution is 2.31. The van der Waals surface area contributed by atoms with Crippen LogP contribution in [-0.2, 0) is 11.2 Å². The van der Waals surface area contributed by atoms with Crippen LogP contribution in [0, 0.1) is 5.82 Å². The Kier molecular flexibility index (Phi) is 7.92. The van der Waals surface area contributed by atoms with Crippen molar-refractivity contribution in [1.29, 1.82) is 0 Å². The second-order valence-corrected chi connectivity index (χ2v) is 8.61. The van der Waals surface area contributed by atoms with E-state index in [1.807, 2.05) is 4.90 Å². The van der Waals surface area contributed by atoms with Gasteiger partial charge in [-0.05, 0) is 24.1 Å². The summed E-state index contributed by atoms with van der Waals surface area (Å²) in [6, 6.07) is 14.5. The number of rotatable bonds is 8. The Morgan fingerprint density at radius 3 is 2.57 bits per heavy atom. The molecule has 0 saturated carbocycles. The van der Waals surface area contributed by atoms with Gasteiger partial charge in [0.05, 0.1) is 12.8 Å². The number of hydrogen-bond donors (Lipinski definition) is 1. The van der Waals surface area contributed by atoms with E-state index in [0.29, 0.717) is 24.5 Å². The Balaban J connectivity index is 1.41. The first kappa shape index (κ1) is 24.6. The zero-order valence-corrected chi connectivity index (χ0v) is 20.4. The molecular weight excluding hydrogens is 443 g/mol. The highest BCUT2D eigenvalue weighted by atomic mass is 19.1. The molecule has 2 aliphatic heterocycles. The Hall–Kier alpha value is -3.52. The third kappa shape index (κ3) is 5.27. The van der Waals surface area contributed by atoms with Crippen molar-refractivity contribution in [1.82, 2.24) is 15.1 Å². The van der Waals surface area contributed by atoms with Crippen LogP contribution in [0.15, 0.2) is 71.3 Å². The van der Waals surface area contributed by atoms with E-state index in [0.717, 1.165) is 19.5 Å². The number of hydrogen-bond acceptors (Lipinski definition) is 6. The van der Waals surface area contributed by atoms with Crippen molar-refractivity contribution in [2.75, 3.05) is 44.7 Å². The maximum absolute atomic E-state index is 14.6. The molecule has 7 nitrogen and oxygen atoms in total. The predicted molar refractivity (Wildman–Crippen MR) is 139 cm³/mol. The molecule has 0 bridgehead atoms. The summed E-state index contributed by atoms with van der Waals surface area (Å²) in [5.41, 5.74) is 3.04. The van der Waals surface area contributed by atoms with Crippen LogP contribution in [-0.4, -0.2) is 73.7 Å².